The molecular formula is C20H25FN4O3. The van der Waals surface area contributed by atoms with E-state index in [9.17, 15) is 14.7 Å². The molecule has 2 fully saturated rings. The predicted octanol–water partition coefficient (Wildman–Crippen LogP) is 2.24. The van der Waals surface area contributed by atoms with E-state index in [1.807, 2.05) is 25.7 Å². The molecule has 0 aliphatic carbocycles. The number of halogens is 1. The molecule has 3 atom stereocenters. The third-order valence-corrected chi connectivity index (χ3v) is 5.94. The summed E-state index contributed by atoms with van der Waals surface area (Å²) in [5.74, 6) is -1.63. The van der Waals surface area contributed by atoms with Crippen molar-refractivity contribution in [3.8, 4) is 0 Å². The highest BCUT2D eigenvalue weighted by Crippen LogP contribution is 2.36. The van der Waals surface area contributed by atoms with Crippen LogP contribution in [0.1, 0.15) is 50.0 Å². The van der Waals surface area contributed by atoms with E-state index < -0.39 is 22.8 Å². The molecule has 2 bridgehead atoms. The molecule has 0 saturated carbocycles. The van der Waals surface area contributed by atoms with Crippen molar-refractivity contribution >= 4 is 22.8 Å². The lowest BCUT2D eigenvalue weighted by Gasteiger charge is -2.34. The van der Waals surface area contributed by atoms with Crippen molar-refractivity contribution in [3.05, 3.63) is 33.4 Å². The van der Waals surface area contributed by atoms with Crippen molar-refractivity contribution < 1.29 is 14.3 Å². The van der Waals surface area contributed by atoms with E-state index in [0.29, 0.717) is 18.2 Å². The first kappa shape index (κ1) is 18.9. The normalized spacial score (nSPS) is 24.4. The summed E-state index contributed by atoms with van der Waals surface area (Å²) in [6.07, 6.45) is 2.25. The fraction of sp³-hybridized carbons (Fsp3) is 0.550. The molecule has 28 heavy (non-hydrogen) atoms. The fourth-order valence-electron chi connectivity index (χ4n) is 4.52. The Balaban J connectivity index is 2.04. The van der Waals surface area contributed by atoms with E-state index in [-0.39, 0.29) is 34.4 Å². The summed E-state index contributed by atoms with van der Waals surface area (Å²) in [6, 6.07) is 0.684. The number of aromatic nitrogens is 2. The second-order valence-electron chi connectivity index (χ2n) is 8.90. The molecule has 0 radical (unpaired) electrons. The zero-order valence-electron chi connectivity index (χ0n) is 16.7. The highest BCUT2D eigenvalue weighted by atomic mass is 19.1. The van der Waals surface area contributed by atoms with Crippen LogP contribution in [0.4, 0.5) is 10.2 Å². The summed E-state index contributed by atoms with van der Waals surface area (Å²) in [4.78, 5) is 31.0. The van der Waals surface area contributed by atoms with Crippen LogP contribution in [0, 0.1) is 12.7 Å². The average molecular weight is 388 g/mol. The molecule has 2 aliphatic rings. The van der Waals surface area contributed by atoms with Crippen molar-refractivity contribution in [2.24, 2.45) is 0 Å². The summed E-state index contributed by atoms with van der Waals surface area (Å²) < 4.78 is 17.0. The molecule has 4 rings (SSSR count). The summed E-state index contributed by atoms with van der Waals surface area (Å²) >= 11 is 0. The first-order valence-corrected chi connectivity index (χ1v) is 9.52. The fourth-order valence-corrected chi connectivity index (χ4v) is 4.52. The van der Waals surface area contributed by atoms with Crippen molar-refractivity contribution in [3.63, 3.8) is 0 Å². The molecule has 8 heteroatoms. The molecular weight excluding hydrogens is 363 g/mol. The molecule has 0 amide bonds. The van der Waals surface area contributed by atoms with Gasteiger partial charge < -0.3 is 19.9 Å². The molecule has 4 heterocycles. The van der Waals surface area contributed by atoms with E-state index in [1.165, 1.54) is 13.1 Å². The van der Waals surface area contributed by atoms with Gasteiger partial charge in [0.1, 0.15) is 11.2 Å². The van der Waals surface area contributed by atoms with Crippen LogP contribution < -0.4 is 15.6 Å². The van der Waals surface area contributed by atoms with Crippen LogP contribution in [0.2, 0.25) is 0 Å². The Morgan fingerprint density at radius 1 is 1.39 bits per heavy atom. The Labute approximate surface area is 162 Å². The van der Waals surface area contributed by atoms with Crippen LogP contribution in [-0.4, -0.2) is 45.3 Å². The number of carbonyl (C=O) groups is 1. The summed E-state index contributed by atoms with van der Waals surface area (Å²) in [6.45, 7) is 9.95. The van der Waals surface area contributed by atoms with Gasteiger partial charge in [0.25, 0.3) is 0 Å². The van der Waals surface area contributed by atoms with Crippen molar-refractivity contribution in [1.82, 2.24) is 14.9 Å². The van der Waals surface area contributed by atoms with E-state index in [2.05, 4.69) is 17.2 Å². The lowest BCUT2D eigenvalue weighted by Crippen LogP contribution is -2.50. The molecule has 2 aliphatic heterocycles. The van der Waals surface area contributed by atoms with Crippen LogP contribution >= 0.6 is 0 Å². The van der Waals surface area contributed by atoms with Crippen molar-refractivity contribution in [2.75, 3.05) is 11.4 Å². The Kier molecular flexibility index (Phi) is 4.05. The highest BCUT2D eigenvalue weighted by molar-refractivity contribution is 5.93. The van der Waals surface area contributed by atoms with Gasteiger partial charge in [-0.05, 0) is 41.0 Å². The van der Waals surface area contributed by atoms with Gasteiger partial charge in [-0.1, -0.05) is 0 Å². The minimum Gasteiger partial charge on any atom is -0.477 e. The first-order valence-electron chi connectivity index (χ1n) is 9.52. The maximum atomic E-state index is 15.4. The van der Waals surface area contributed by atoms with Crippen LogP contribution in [0.5, 0.6) is 0 Å². The number of anilines is 1. The van der Waals surface area contributed by atoms with Gasteiger partial charge >= 0.3 is 5.97 Å². The minimum absolute atomic E-state index is 0.0339. The van der Waals surface area contributed by atoms with Gasteiger partial charge in [0.15, 0.2) is 11.6 Å². The van der Waals surface area contributed by atoms with Crippen molar-refractivity contribution in [1.29, 1.82) is 0 Å². The monoisotopic (exact) mass is 388 g/mol. The third kappa shape index (κ3) is 2.62. The van der Waals surface area contributed by atoms with Crippen LogP contribution in [0.25, 0.3) is 11.0 Å². The minimum atomic E-state index is -1.33. The number of carboxylic acids is 1. The third-order valence-electron chi connectivity index (χ3n) is 5.94. The molecule has 2 saturated heterocycles. The highest BCUT2D eigenvalue weighted by Gasteiger charge is 2.44. The smallest absolute Gasteiger partial charge is 0.341 e. The van der Waals surface area contributed by atoms with Gasteiger partial charge in [-0.2, -0.15) is 0 Å². The van der Waals surface area contributed by atoms with E-state index >= 15 is 4.39 Å². The van der Waals surface area contributed by atoms with Crippen LogP contribution in [-0.2, 0) is 5.54 Å². The largest absolute Gasteiger partial charge is 0.477 e. The van der Waals surface area contributed by atoms with Crippen molar-refractivity contribution in [2.45, 2.75) is 64.7 Å². The molecule has 0 aromatic carbocycles. The standard InChI is InChI=1S/C20H25FN4O3/c1-9-14-16(26)12(19(27)28)8-25(20(3,4)5)17(14)23-18(15(9)21)24-7-11-6-13(24)10(2)22-11/h8,10-11,13,22H,6-7H2,1-5H3,(H,27,28). The number of carboxylic acid groups (broad SMARTS) is 1. The quantitative estimate of drug-likeness (QED) is 0.820. The van der Waals surface area contributed by atoms with Gasteiger partial charge in [0.2, 0.25) is 5.43 Å². The maximum absolute atomic E-state index is 15.4. The molecule has 150 valence electrons. The zero-order valence-corrected chi connectivity index (χ0v) is 16.7. The number of fused-ring (bicyclic) bond motifs is 3. The Bertz CT molecular complexity index is 1060. The van der Waals surface area contributed by atoms with Gasteiger partial charge in [-0.25, -0.2) is 14.2 Å². The zero-order chi connectivity index (χ0) is 20.5. The Morgan fingerprint density at radius 2 is 2.07 bits per heavy atom. The molecule has 2 aromatic rings. The summed E-state index contributed by atoms with van der Waals surface area (Å²) in [5, 5.41) is 13.0. The van der Waals surface area contributed by atoms with Gasteiger partial charge in [0.05, 0.1) is 5.39 Å². The number of piperazine rings is 1. The van der Waals surface area contributed by atoms with Crippen LogP contribution in [0.3, 0.4) is 0 Å². The topological polar surface area (TPSA) is 87.5 Å². The van der Waals surface area contributed by atoms with Crippen LogP contribution in [0.15, 0.2) is 11.0 Å². The number of pyridine rings is 2. The first-order chi connectivity index (χ1) is 13.0. The van der Waals surface area contributed by atoms with E-state index in [4.69, 9.17) is 0 Å². The Hall–Kier alpha value is -2.48. The number of nitrogens with one attached hydrogen (secondary N) is 1. The SMILES string of the molecule is Cc1c(F)c(N2CC3CC2C(C)N3)nc2c1c(=O)c(C(=O)O)cn2C(C)(C)C. The Morgan fingerprint density at radius 3 is 2.61 bits per heavy atom. The predicted molar refractivity (Wildman–Crippen MR) is 105 cm³/mol. The number of aromatic carboxylic acids is 1. The van der Waals surface area contributed by atoms with Gasteiger partial charge in [-0.3, -0.25) is 4.79 Å². The number of nitrogens with zero attached hydrogens (tertiary/aromatic N) is 3. The number of rotatable bonds is 2. The summed E-state index contributed by atoms with van der Waals surface area (Å²) in [5.41, 5.74) is -1.15. The lowest BCUT2D eigenvalue weighted by molar-refractivity contribution is 0.0694. The average Bonchev–Trinajstić information content (AvgIpc) is 3.15. The molecule has 2 N–H and O–H groups in total. The number of aryl methyl sites for hydroxylation is 1. The van der Waals surface area contributed by atoms with E-state index in [0.717, 1.165) is 6.42 Å². The molecule has 7 nitrogen and oxygen atoms in total. The molecule has 3 unspecified atom stereocenters. The second-order valence-corrected chi connectivity index (χ2v) is 8.90. The van der Waals surface area contributed by atoms with E-state index in [1.54, 1.807) is 4.57 Å². The molecule has 2 aromatic heterocycles. The lowest BCUT2D eigenvalue weighted by atomic mass is 10.0. The summed E-state index contributed by atoms with van der Waals surface area (Å²) in [7, 11) is 0. The number of hydrogen-bond donors (Lipinski definition) is 2. The maximum Gasteiger partial charge on any atom is 0.341 e. The van der Waals surface area contributed by atoms with Gasteiger partial charge in [-0.15, -0.1) is 0 Å². The number of hydrogen-bond acceptors (Lipinski definition) is 5. The van der Waals surface area contributed by atoms with Gasteiger partial charge in [0, 0.05) is 42.0 Å². The molecule has 0 spiro atoms. The second kappa shape index (κ2) is 6.01.